The summed E-state index contributed by atoms with van der Waals surface area (Å²) >= 11 is 1.86. The average molecular weight is 151 g/mol. The molecule has 0 unspecified atom stereocenters. The first kappa shape index (κ1) is 7.67. The minimum Gasteiger partial charge on any atom is -0.126 e. The van der Waals surface area contributed by atoms with Crippen LogP contribution in [0.1, 0.15) is 12.5 Å². The lowest BCUT2D eigenvalue weighted by Gasteiger charge is -1.96. The fraction of sp³-hybridized carbons (Fsp3) is 0.222. The molecule has 1 rings (SSSR count). The van der Waals surface area contributed by atoms with E-state index in [4.69, 9.17) is 0 Å². The summed E-state index contributed by atoms with van der Waals surface area (Å²) in [4.78, 5) is 1.33. The topological polar surface area (TPSA) is 0 Å². The monoisotopic (exact) mass is 151 g/mol. The maximum Gasteiger partial charge on any atom is 0.00720 e. The van der Waals surface area contributed by atoms with Gasteiger partial charge < -0.3 is 0 Å². The van der Waals surface area contributed by atoms with Gasteiger partial charge in [0.1, 0.15) is 0 Å². The SMILES string of the molecule is [CH2]c1ccc(SCC)cc1. The Morgan fingerprint density at radius 2 is 1.90 bits per heavy atom. The van der Waals surface area contributed by atoms with Crippen LogP contribution in [0.5, 0.6) is 0 Å². The van der Waals surface area contributed by atoms with E-state index in [0.717, 1.165) is 11.3 Å². The van der Waals surface area contributed by atoms with Crippen molar-refractivity contribution in [2.75, 3.05) is 5.75 Å². The van der Waals surface area contributed by atoms with Crippen molar-refractivity contribution in [3.63, 3.8) is 0 Å². The van der Waals surface area contributed by atoms with Gasteiger partial charge in [-0.25, -0.2) is 0 Å². The van der Waals surface area contributed by atoms with Gasteiger partial charge in [0, 0.05) is 4.90 Å². The highest BCUT2D eigenvalue weighted by Crippen LogP contribution is 2.16. The van der Waals surface area contributed by atoms with E-state index in [1.54, 1.807) is 0 Å². The molecule has 10 heavy (non-hydrogen) atoms. The van der Waals surface area contributed by atoms with Crippen LogP contribution in [0.4, 0.5) is 0 Å². The van der Waals surface area contributed by atoms with Gasteiger partial charge in [-0.1, -0.05) is 19.1 Å². The Morgan fingerprint density at radius 1 is 1.30 bits per heavy atom. The zero-order valence-corrected chi connectivity index (χ0v) is 6.95. The lowest BCUT2D eigenvalue weighted by atomic mass is 10.2. The van der Waals surface area contributed by atoms with Gasteiger partial charge in [0.2, 0.25) is 0 Å². The first-order valence-corrected chi connectivity index (χ1v) is 4.36. The highest BCUT2D eigenvalue weighted by atomic mass is 32.2. The van der Waals surface area contributed by atoms with Crippen molar-refractivity contribution in [1.29, 1.82) is 0 Å². The van der Waals surface area contributed by atoms with Crippen molar-refractivity contribution in [2.24, 2.45) is 0 Å². The number of thioether (sulfide) groups is 1. The summed E-state index contributed by atoms with van der Waals surface area (Å²) in [6.07, 6.45) is 0. The normalized spacial score (nSPS) is 9.80. The molecule has 0 spiro atoms. The quantitative estimate of drug-likeness (QED) is 0.585. The molecule has 0 aliphatic heterocycles. The summed E-state index contributed by atoms with van der Waals surface area (Å²) in [6.45, 7) is 5.97. The summed E-state index contributed by atoms with van der Waals surface area (Å²) in [6, 6.07) is 8.29. The predicted octanol–water partition coefficient (Wildman–Crippen LogP) is 2.98. The largest absolute Gasteiger partial charge is 0.126 e. The molecule has 53 valence electrons. The van der Waals surface area contributed by atoms with Crippen LogP contribution < -0.4 is 0 Å². The summed E-state index contributed by atoms with van der Waals surface area (Å²) in [7, 11) is 0. The van der Waals surface area contributed by atoms with E-state index in [9.17, 15) is 0 Å². The molecule has 1 heteroatoms. The molecule has 0 heterocycles. The minimum atomic E-state index is 1.08. The lowest BCUT2D eigenvalue weighted by Crippen LogP contribution is -1.73. The van der Waals surface area contributed by atoms with Crippen molar-refractivity contribution in [1.82, 2.24) is 0 Å². The van der Waals surface area contributed by atoms with E-state index in [1.165, 1.54) is 4.90 Å². The molecular formula is C9H11S. The third-order valence-corrected chi connectivity index (χ3v) is 2.13. The molecule has 0 saturated carbocycles. The molecule has 0 amide bonds. The summed E-state index contributed by atoms with van der Waals surface area (Å²) in [5, 5.41) is 0. The van der Waals surface area contributed by atoms with Gasteiger partial charge in [0.05, 0.1) is 0 Å². The summed E-state index contributed by atoms with van der Waals surface area (Å²) < 4.78 is 0. The zero-order valence-electron chi connectivity index (χ0n) is 6.13. The maximum absolute atomic E-state index is 3.81. The van der Waals surface area contributed by atoms with Crippen LogP contribution in [0.15, 0.2) is 29.2 Å². The Hall–Kier alpha value is -0.430. The minimum absolute atomic E-state index is 1.08. The van der Waals surface area contributed by atoms with E-state index in [2.05, 4.69) is 26.0 Å². The highest BCUT2D eigenvalue weighted by Gasteiger charge is 1.88. The molecule has 0 bridgehead atoms. The molecule has 1 aromatic rings. The third-order valence-electron chi connectivity index (χ3n) is 1.23. The van der Waals surface area contributed by atoms with E-state index in [0.29, 0.717) is 0 Å². The van der Waals surface area contributed by atoms with Crippen LogP contribution in [0.3, 0.4) is 0 Å². The van der Waals surface area contributed by atoms with Gasteiger partial charge in [0.15, 0.2) is 0 Å². The Labute approximate surface area is 66.6 Å². The highest BCUT2D eigenvalue weighted by molar-refractivity contribution is 7.99. The average Bonchev–Trinajstić information content (AvgIpc) is 1.95. The standard InChI is InChI=1S/C9H11S/c1-3-10-9-6-4-8(2)5-7-9/h4-7H,2-3H2,1H3. The fourth-order valence-corrected chi connectivity index (χ4v) is 1.41. The number of hydrogen-bond donors (Lipinski definition) is 0. The Balaban J connectivity index is 2.69. The van der Waals surface area contributed by atoms with Gasteiger partial charge in [0.25, 0.3) is 0 Å². The van der Waals surface area contributed by atoms with Gasteiger partial charge in [-0.05, 0) is 30.4 Å². The lowest BCUT2D eigenvalue weighted by molar-refractivity contribution is 1.41. The smallest absolute Gasteiger partial charge is 0.00720 e. The van der Waals surface area contributed by atoms with E-state index < -0.39 is 0 Å². The van der Waals surface area contributed by atoms with Gasteiger partial charge in [-0.15, -0.1) is 11.8 Å². The molecule has 0 nitrogen and oxygen atoms in total. The Bertz CT molecular complexity index is 188. The van der Waals surface area contributed by atoms with Crippen LogP contribution in [-0.4, -0.2) is 5.75 Å². The second kappa shape index (κ2) is 3.67. The number of benzene rings is 1. The van der Waals surface area contributed by atoms with Crippen molar-refractivity contribution < 1.29 is 0 Å². The number of rotatable bonds is 2. The molecule has 0 aliphatic rings. The Kier molecular flexibility index (Phi) is 2.82. The second-order valence-corrected chi connectivity index (χ2v) is 3.41. The van der Waals surface area contributed by atoms with Crippen LogP contribution >= 0.6 is 11.8 Å². The molecule has 0 N–H and O–H groups in total. The molecule has 0 aromatic heterocycles. The van der Waals surface area contributed by atoms with Crippen LogP contribution in [0.2, 0.25) is 0 Å². The van der Waals surface area contributed by atoms with E-state index in [-0.39, 0.29) is 0 Å². The van der Waals surface area contributed by atoms with Gasteiger partial charge in [-0.2, -0.15) is 0 Å². The van der Waals surface area contributed by atoms with E-state index >= 15 is 0 Å². The van der Waals surface area contributed by atoms with Crippen molar-refractivity contribution in [2.45, 2.75) is 11.8 Å². The van der Waals surface area contributed by atoms with Gasteiger partial charge >= 0.3 is 0 Å². The first-order valence-electron chi connectivity index (χ1n) is 3.37. The Morgan fingerprint density at radius 3 is 2.40 bits per heavy atom. The van der Waals surface area contributed by atoms with Crippen molar-refractivity contribution in [3.8, 4) is 0 Å². The summed E-state index contributed by atoms with van der Waals surface area (Å²) in [5.41, 5.74) is 1.08. The first-order chi connectivity index (χ1) is 4.83. The zero-order chi connectivity index (χ0) is 7.40. The van der Waals surface area contributed by atoms with Crippen molar-refractivity contribution >= 4 is 11.8 Å². The predicted molar refractivity (Wildman–Crippen MR) is 47.3 cm³/mol. The molecule has 0 atom stereocenters. The molecule has 0 fully saturated rings. The van der Waals surface area contributed by atoms with Crippen LogP contribution in [0.25, 0.3) is 0 Å². The number of hydrogen-bond acceptors (Lipinski definition) is 1. The molecule has 1 radical (unpaired) electrons. The molecular weight excluding hydrogens is 140 g/mol. The van der Waals surface area contributed by atoms with E-state index in [1.807, 2.05) is 23.9 Å². The fourth-order valence-electron chi connectivity index (χ4n) is 0.752. The molecule has 0 saturated heterocycles. The van der Waals surface area contributed by atoms with Crippen molar-refractivity contribution in [3.05, 3.63) is 36.8 Å². The van der Waals surface area contributed by atoms with Gasteiger partial charge in [-0.3, -0.25) is 0 Å². The summed E-state index contributed by atoms with van der Waals surface area (Å²) in [5.74, 6) is 1.14. The molecule has 1 aromatic carbocycles. The third kappa shape index (κ3) is 2.07. The van der Waals surface area contributed by atoms with Crippen LogP contribution in [0, 0.1) is 6.92 Å². The second-order valence-electron chi connectivity index (χ2n) is 2.08. The molecule has 0 aliphatic carbocycles. The van der Waals surface area contributed by atoms with Crippen LogP contribution in [-0.2, 0) is 0 Å². The maximum atomic E-state index is 3.81.